The minimum atomic E-state index is -0.120. The highest BCUT2D eigenvalue weighted by atomic mass is 32.2. The molecule has 32 heavy (non-hydrogen) atoms. The van der Waals surface area contributed by atoms with E-state index in [4.69, 9.17) is 0 Å². The van der Waals surface area contributed by atoms with Crippen LogP contribution < -0.4 is 5.32 Å². The maximum atomic E-state index is 12.7. The van der Waals surface area contributed by atoms with Crippen LogP contribution in [0.15, 0.2) is 16.6 Å². The van der Waals surface area contributed by atoms with Crippen LogP contribution in [0.1, 0.15) is 67.0 Å². The largest absolute Gasteiger partial charge is 0.316 e. The zero-order chi connectivity index (χ0) is 22.7. The molecule has 1 amide bonds. The van der Waals surface area contributed by atoms with Gasteiger partial charge >= 0.3 is 0 Å². The van der Waals surface area contributed by atoms with Crippen LogP contribution in [0.25, 0.3) is 11.4 Å². The van der Waals surface area contributed by atoms with Crippen LogP contribution in [-0.4, -0.2) is 26.4 Å². The quantitative estimate of drug-likeness (QED) is 0.391. The van der Waals surface area contributed by atoms with Crippen LogP contribution in [-0.2, 0) is 24.1 Å². The summed E-state index contributed by atoms with van der Waals surface area (Å²) in [7, 11) is 0. The van der Waals surface area contributed by atoms with Gasteiger partial charge in [-0.25, -0.2) is 0 Å². The number of thiophene rings is 2. The summed E-state index contributed by atoms with van der Waals surface area (Å²) in [5.41, 5.74) is 2.86. The first-order valence-electron chi connectivity index (χ1n) is 11.0. The fourth-order valence-electron chi connectivity index (χ4n) is 3.98. The van der Waals surface area contributed by atoms with Crippen molar-refractivity contribution in [2.75, 3.05) is 11.1 Å². The van der Waals surface area contributed by atoms with Gasteiger partial charge in [-0.05, 0) is 57.6 Å². The lowest BCUT2D eigenvalue weighted by Gasteiger charge is -2.13. The zero-order valence-corrected chi connectivity index (χ0v) is 21.1. The average molecular weight is 486 g/mol. The van der Waals surface area contributed by atoms with Gasteiger partial charge in [-0.3, -0.25) is 9.36 Å². The number of carbonyl (C=O) groups excluding carboxylic acids is 1. The predicted octanol–water partition coefficient (Wildman–Crippen LogP) is 6.08. The van der Waals surface area contributed by atoms with Gasteiger partial charge in [-0.15, -0.1) is 32.9 Å². The number of hydrogen-bond donors (Lipinski definition) is 1. The van der Waals surface area contributed by atoms with Crippen molar-refractivity contribution < 1.29 is 4.79 Å². The molecule has 0 aromatic carbocycles. The minimum Gasteiger partial charge on any atom is -0.316 e. The van der Waals surface area contributed by atoms with Gasteiger partial charge in [0.05, 0.1) is 11.3 Å². The number of nitrogens with zero attached hydrogens (tertiary/aromatic N) is 4. The Morgan fingerprint density at radius 1 is 1.34 bits per heavy atom. The number of anilines is 1. The Morgan fingerprint density at radius 2 is 2.16 bits per heavy atom. The summed E-state index contributed by atoms with van der Waals surface area (Å²) < 4.78 is 2.10. The van der Waals surface area contributed by atoms with E-state index in [-0.39, 0.29) is 17.7 Å². The number of rotatable bonds is 8. The molecular weight excluding hydrogens is 458 g/mol. The highest BCUT2D eigenvalue weighted by Crippen LogP contribution is 2.38. The van der Waals surface area contributed by atoms with Crippen LogP contribution in [0, 0.1) is 11.3 Å². The van der Waals surface area contributed by atoms with Gasteiger partial charge < -0.3 is 5.32 Å². The summed E-state index contributed by atoms with van der Waals surface area (Å²) in [6.07, 6.45) is 6.38. The van der Waals surface area contributed by atoms with Crippen LogP contribution in [0.4, 0.5) is 5.00 Å². The molecule has 3 heterocycles. The maximum absolute atomic E-state index is 12.7. The van der Waals surface area contributed by atoms with E-state index < -0.39 is 0 Å². The summed E-state index contributed by atoms with van der Waals surface area (Å²) in [5.74, 6) is 0.952. The first-order chi connectivity index (χ1) is 15.5. The van der Waals surface area contributed by atoms with Gasteiger partial charge in [0, 0.05) is 26.7 Å². The Hall–Kier alpha value is -2.15. The number of hydrogen-bond acceptors (Lipinski definition) is 7. The summed E-state index contributed by atoms with van der Waals surface area (Å²) >= 11 is 4.70. The summed E-state index contributed by atoms with van der Waals surface area (Å²) in [4.78, 5) is 15.3. The molecule has 0 saturated heterocycles. The zero-order valence-electron chi connectivity index (χ0n) is 18.6. The Balaban J connectivity index is 1.47. The van der Waals surface area contributed by atoms with Crippen LogP contribution in [0.5, 0.6) is 0 Å². The molecule has 168 valence electrons. The molecule has 1 N–H and O–H groups in total. The molecule has 0 atom stereocenters. The fourth-order valence-corrected chi connectivity index (χ4v) is 7.07. The SMILES string of the molecule is CCCc1cc(-c2nnc(SCC(=O)Nc3sc4c(c3C#N)CCCC4)n2C(C)C)cs1. The monoisotopic (exact) mass is 485 g/mol. The lowest BCUT2D eigenvalue weighted by atomic mass is 9.96. The Labute approximate surface area is 201 Å². The van der Waals surface area contributed by atoms with E-state index in [0.29, 0.717) is 10.6 Å². The summed E-state index contributed by atoms with van der Waals surface area (Å²) in [5, 5.41) is 25.0. The van der Waals surface area contributed by atoms with Gasteiger partial charge in [0.25, 0.3) is 0 Å². The topological polar surface area (TPSA) is 83.6 Å². The number of amides is 1. The first-order valence-corrected chi connectivity index (χ1v) is 13.7. The second-order valence-electron chi connectivity index (χ2n) is 8.19. The second kappa shape index (κ2) is 10.2. The average Bonchev–Trinajstić information content (AvgIpc) is 3.48. The van der Waals surface area contributed by atoms with E-state index in [1.165, 1.54) is 21.5 Å². The third-order valence-corrected chi connectivity index (χ3v) is 8.60. The molecule has 0 saturated carbocycles. The third-order valence-electron chi connectivity index (χ3n) is 5.46. The van der Waals surface area contributed by atoms with Crippen molar-refractivity contribution in [1.82, 2.24) is 14.8 Å². The molecular formula is C23H27N5OS3. The van der Waals surface area contributed by atoms with Crippen LogP contribution in [0.3, 0.4) is 0 Å². The molecule has 4 rings (SSSR count). The molecule has 0 radical (unpaired) electrons. The van der Waals surface area contributed by atoms with Gasteiger partial charge in [0.2, 0.25) is 5.91 Å². The predicted molar refractivity (Wildman–Crippen MR) is 133 cm³/mol. The fraction of sp³-hybridized carbons (Fsp3) is 0.478. The van der Waals surface area contributed by atoms with Crippen molar-refractivity contribution >= 4 is 45.3 Å². The van der Waals surface area contributed by atoms with E-state index in [1.54, 1.807) is 22.7 Å². The Bertz CT molecular complexity index is 1150. The number of thioether (sulfide) groups is 1. The summed E-state index contributed by atoms with van der Waals surface area (Å²) in [6.45, 7) is 6.39. The lowest BCUT2D eigenvalue weighted by molar-refractivity contribution is -0.113. The van der Waals surface area contributed by atoms with Gasteiger partial charge in [0.15, 0.2) is 11.0 Å². The normalized spacial score (nSPS) is 13.2. The van der Waals surface area contributed by atoms with E-state index >= 15 is 0 Å². The van der Waals surface area contributed by atoms with E-state index in [9.17, 15) is 10.1 Å². The van der Waals surface area contributed by atoms with Crippen molar-refractivity contribution in [2.24, 2.45) is 0 Å². The van der Waals surface area contributed by atoms with Crippen molar-refractivity contribution in [2.45, 2.75) is 70.5 Å². The molecule has 0 fully saturated rings. The van der Waals surface area contributed by atoms with Gasteiger partial charge in [-0.2, -0.15) is 5.26 Å². The Morgan fingerprint density at radius 3 is 2.91 bits per heavy atom. The van der Waals surface area contributed by atoms with Gasteiger partial charge in [-0.1, -0.05) is 25.1 Å². The van der Waals surface area contributed by atoms with Crippen molar-refractivity contribution in [1.29, 1.82) is 5.26 Å². The van der Waals surface area contributed by atoms with Crippen molar-refractivity contribution in [3.63, 3.8) is 0 Å². The Kier molecular flexibility index (Phi) is 7.33. The van der Waals surface area contributed by atoms with Crippen LogP contribution >= 0.6 is 34.4 Å². The molecule has 0 unspecified atom stereocenters. The molecule has 9 heteroatoms. The number of carbonyl (C=O) groups is 1. The molecule has 6 nitrogen and oxygen atoms in total. The second-order valence-corrected chi connectivity index (χ2v) is 11.2. The summed E-state index contributed by atoms with van der Waals surface area (Å²) in [6, 6.07) is 4.67. The highest BCUT2D eigenvalue weighted by molar-refractivity contribution is 7.99. The lowest BCUT2D eigenvalue weighted by Crippen LogP contribution is -2.15. The van der Waals surface area contributed by atoms with E-state index in [1.807, 2.05) is 0 Å². The van der Waals surface area contributed by atoms with E-state index in [2.05, 4.69) is 58.4 Å². The van der Waals surface area contributed by atoms with Crippen molar-refractivity contribution in [3.8, 4) is 17.5 Å². The molecule has 0 bridgehead atoms. The van der Waals surface area contributed by atoms with Gasteiger partial charge in [0.1, 0.15) is 11.1 Å². The highest BCUT2D eigenvalue weighted by Gasteiger charge is 2.23. The van der Waals surface area contributed by atoms with E-state index in [0.717, 1.165) is 60.6 Å². The number of fused-ring (bicyclic) bond motifs is 1. The molecule has 0 spiro atoms. The number of aromatic nitrogens is 3. The maximum Gasteiger partial charge on any atom is 0.235 e. The number of aryl methyl sites for hydroxylation is 2. The standard InChI is InChI=1S/C23H27N5OS3/c1-4-7-16-10-15(12-30-16)21-26-27-23(28(21)14(2)3)31-13-20(29)25-22-18(11-24)17-8-5-6-9-19(17)32-22/h10,12,14H,4-9,13H2,1-3H3,(H,25,29). The van der Waals surface area contributed by atoms with Crippen LogP contribution in [0.2, 0.25) is 0 Å². The molecule has 1 aliphatic rings. The van der Waals surface area contributed by atoms with Crippen molar-refractivity contribution in [3.05, 3.63) is 32.3 Å². The number of nitriles is 1. The molecule has 1 aliphatic carbocycles. The minimum absolute atomic E-state index is 0.120. The molecule has 3 aromatic rings. The third kappa shape index (κ3) is 4.77. The molecule has 3 aromatic heterocycles. The smallest absolute Gasteiger partial charge is 0.235 e. The number of nitrogens with one attached hydrogen (secondary N) is 1. The molecule has 0 aliphatic heterocycles. The first kappa shape index (κ1) is 23.0.